The Labute approximate surface area is 111 Å². The molecule has 0 bridgehead atoms. The largest absolute Gasteiger partial charge is 0.353 e. The molecule has 1 heterocycles. The maximum Gasteiger partial charge on any atom is 0.255 e. The lowest BCUT2D eigenvalue weighted by molar-refractivity contribution is -0.123. The standard InChI is InChI=1S/C14H15N3O2/c15-7-3-5-11-4-1-2-6-12(11)14(19)17-9-8-16-13(18)10-17/h1-2,4,6H,7-10,15H2,(H,16,18). The Kier molecular flexibility index (Phi) is 4.16. The van der Waals surface area contributed by atoms with E-state index >= 15 is 0 Å². The van der Waals surface area contributed by atoms with Gasteiger partial charge >= 0.3 is 0 Å². The number of nitrogens with zero attached hydrogens (tertiary/aromatic N) is 1. The summed E-state index contributed by atoms with van der Waals surface area (Å²) in [7, 11) is 0. The molecule has 98 valence electrons. The van der Waals surface area contributed by atoms with Crippen LogP contribution in [0.2, 0.25) is 0 Å². The van der Waals surface area contributed by atoms with E-state index in [-0.39, 0.29) is 24.9 Å². The highest BCUT2D eigenvalue weighted by atomic mass is 16.2. The van der Waals surface area contributed by atoms with Crippen molar-refractivity contribution >= 4 is 11.8 Å². The number of carbonyl (C=O) groups excluding carboxylic acids is 2. The molecule has 0 aliphatic carbocycles. The molecule has 0 atom stereocenters. The first kappa shape index (κ1) is 13.1. The quantitative estimate of drug-likeness (QED) is 0.670. The van der Waals surface area contributed by atoms with Gasteiger partial charge in [-0.3, -0.25) is 9.59 Å². The van der Waals surface area contributed by atoms with Crippen LogP contribution in [0.1, 0.15) is 15.9 Å². The summed E-state index contributed by atoms with van der Waals surface area (Å²) in [6, 6.07) is 7.10. The van der Waals surface area contributed by atoms with Crippen molar-refractivity contribution in [2.45, 2.75) is 0 Å². The van der Waals surface area contributed by atoms with Crippen LogP contribution in [0.5, 0.6) is 0 Å². The van der Waals surface area contributed by atoms with Gasteiger partial charge in [0.15, 0.2) is 0 Å². The molecular formula is C14H15N3O2. The summed E-state index contributed by atoms with van der Waals surface area (Å²) in [5.74, 6) is 5.32. The van der Waals surface area contributed by atoms with Crippen LogP contribution in [0.3, 0.4) is 0 Å². The number of nitrogens with two attached hydrogens (primary N) is 1. The predicted molar refractivity (Wildman–Crippen MR) is 71.3 cm³/mol. The normalized spacial score (nSPS) is 14.4. The molecule has 0 saturated carbocycles. The highest BCUT2D eigenvalue weighted by molar-refractivity contribution is 5.99. The van der Waals surface area contributed by atoms with Crippen LogP contribution in [0, 0.1) is 11.8 Å². The molecule has 1 saturated heterocycles. The van der Waals surface area contributed by atoms with Gasteiger partial charge in [0, 0.05) is 18.7 Å². The Morgan fingerprint density at radius 3 is 2.95 bits per heavy atom. The monoisotopic (exact) mass is 257 g/mol. The van der Waals surface area contributed by atoms with Crippen molar-refractivity contribution in [2.24, 2.45) is 5.73 Å². The van der Waals surface area contributed by atoms with E-state index in [9.17, 15) is 9.59 Å². The van der Waals surface area contributed by atoms with E-state index in [4.69, 9.17) is 5.73 Å². The number of piperazine rings is 1. The van der Waals surface area contributed by atoms with E-state index in [1.54, 1.807) is 18.2 Å². The summed E-state index contributed by atoms with van der Waals surface area (Å²) in [5.41, 5.74) is 6.50. The van der Waals surface area contributed by atoms with Gasteiger partial charge in [0.25, 0.3) is 5.91 Å². The first-order chi connectivity index (χ1) is 9.22. The molecule has 0 unspecified atom stereocenters. The zero-order chi connectivity index (χ0) is 13.7. The van der Waals surface area contributed by atoms with Crippen LogP contribution < -0.4 is 11.1 Å². The first-order valence-electron chi connectivity index (χ1n) is 6.06. The lowest BCUT2D eigenvalue weighted by Crippen LogP contribution is -2.50. The summed E-state index contributed by atoms with van der Waals surface area (Å²) in [5, 5.41) is 2.69. The number of hydrogen-bond donors (Lipinski definition) is 2. The smallest absolute Gasteiger partial charge is 0.255 e. The van der Waals surface area contributed by atoms with Crippen molar-refractivity contribution in [3.8, 4) is 11.8 Å². The van der Waals surface area contributed by atoms with Gasteiger partial charge in [-0.25, -0.2) is 0 Å². The van der Waals surface area contributed by atoms with Gasteiger partial charge in [0.2, 0.25) is 5.91 Å². The third-order valence-corrected chi connectivity index (χ3v) is 2.81. The van der Waals surface area contributed by atoms with Crippen molar-refractivity contribution < 1.29 is 9.59 Å². The van der Waals surface area contributed by atoms with Gasteiger partial charge in [-0.05, 0) is 12.1 Å². The highest BCUT2D eigenvalue weighted by Gasteiger charge is 2.23. The van der Waals surface area contributed by atoms with Crippen LogP contribution in [0.15, 0.2) is 24.3 Å². The van der Waals surface area contributed by atoms with Crippen LogP contribution in [-0.2, 0) is 4.79 Å². The Hall–Kier alpha value is -2.32. The van der Waals surface area contributed by atoms with E-state index < -0.39 is 0 Å². The molecule has 2 amide bonds. The van der Waals surface area contributed by atoms with Gasteiger partial charge in [-0.1, -0.05) is 24.0 Å². The average molecular weight is 257 g/mol. The van der Waals surface area contributed by atoms with Gasteiger partial charge in [0.05, 0.1) is 18.7 Å². The molecule has 1 aromatic carbocycles. The summed E-state index contributed by atoms with van der Waals surface area (Å²) < 4.78 is 0. The SMILES string of the molecule is NCC#Cc1ccccc1C(=O)N1CCNC(=O)C1. The highest BCUT2D eigenvalue weighted by Crippen LogP contribution is 2.11. The second-order valence-corrected chi connectivity index (χ2v) is 4.13. The molecule has 0 spiro atoms. The number of hydrogen-bond acceptors (Lipinski definition) is 3. The number of carbonyl (C=O) groups is 2. The van der Waals surface area contributed by atoms with Crippen molar-refractivity contribution in [1.29, 1.82) is 0 Å². The van der Waals surface area contributed by atoms with E-state index in [2.05, 4.69) is 17.2 Å². The Morgan fingerprint density at radius 1 is 1.42 bits per heavy atom. The summed E-state index contributed by atoms with van der Waals surface area (Å²) in [4.78, 5) is 25.2. The van der Waals surface area contributed by atoms with E-state index in [0.29, 0.717) is 24.2 Å². The minimum Gasteiger partial charge on any atom is -0.353 e. The van der Waals surface area contributed by atoms with Gasteiger partial charge in [-0.2, -0.15) is 0 Å². The molecule has 1 aliphatic rings. The van der Waals surface area contributed by atoms with Gasteiger partial charge in [-0.15, -0.1) is 0 Å². The van der Waals surface area contributed by atoms with E-state index in [1.807, 2.05) is 6.07 Å². The molecule has 0 radical (unpaired) electrons. The molecule has 5 nitrogen and oxygen atoms in total. The van der Waals surface area contributed by atoms with Gasteiger partial charge < -0.3 is 16.0 Å². The van der Waals surface area contributed by atoms with Crippen LogP contribution in [0.25, 0.3) is 0 Å². The lowest BCUT2D eigenvalue weighted by Gasteiger charge is -2.27. The fourth-order valence-electron chi connectivity index (χ4n) is 1.91. The van der Waals surface area contributed by atoms with Crippen molar-refractivity contribution in [1.82, 2.24) is 10.2 Å². The Balaban J connectivity index is 2.25. The fourth-order valence-corrected chi connectivity index (χ4v) is 1.91. The summed E-state index contributed by atoms with van der Waals surface area (Å²) in [6.45, 7) is 1.34. The zero-order valence-electron chi connectivity index (χ0n) is 10.5. The molecule has 5 heteroatoms. The number of amides is 2. The predicted octanol–water partition coefficient (Wildman–Crippen LogP) is -0.431. The van der Waals surface area contributed by atoms with Crippen molar-refractivity contribution in [3.63, 3.8) is 0 Å². The summed E-state index contributed by atoms with van der Waals surface area (Å²) in [6.07, 6.45) is 0. The fraction of sp³-hybridized carbons (Fsp3) is 0.286. The minimum absolute atomic E-state index is 0.0947. The third-order valence-electron chi connectivity index (χ3n) is 2.81. The molecule has 19 heavy (non-hydrogen) atoms. The molecule has 2 rings (SSSR count). The maximum absolute atomic E-state index is 12.4. The number of nitrogens with one attached hydrogen (secondary N) is 1. The zero-order valence-corrected chi connectivity index (χ0v) is 10.5. The average Bonchev–Trinajstić information content (AvgIpc) is 2.44. The Morgan fingerprint density at radius 2 is 2.21 bits per heavy atom. The summed E-state index contributed by atoms with van der Waals surface area (Å²) >= 11 is 0. The van der Waals surface area contributed by atoms with Crippen LogP contribution in [0.4, 0.5) is 0 Å². The molecule has 0 aromatic heterocycles. The first-order valence-corrected chi connectivity index (χ1v) is 6.06. The van der Waals surface area contributed by atoms with Crippen LogP contribution in [-0.4, -0.2) is 42.9 Å². The third kappa shape index (κ3) is 3.12. The maximum atomic E-state index is 12.4. The van der Waals surface area contributed by atoms with Crippen molar-refractivity contribution in [2.75, 3.05) is 26.2 Å². The molecule has 1 fully saturated rings. The Bertz CT molecular complexity index is 557. The van der Waals surface area contributed by atoms with Gasteiger partial charge in [0.1, 0.15) is 0 Å². The van der Waals surface area contributed by atoms with Crippen LogP contribution >= 0.6 is 0 Å². The van der Waals surface area contributed by atoms with E-state index in [1.165, 1.54) is 4.90 Å². The topological polar surface area (TPSA) is 75.4 Å². The second kappa shape index (κ2) is 6.03. The molecule has 3 N–H and O–H groups in total. The minimum atomic E-state index is -0.170. The second-order valence-electron chi connectivity index (χ2n) is 4.13. The molecule has 1 aromatic rings. The number of rotatable bonds is 1. The van der Waals surface area contributed by atoms with Crippen molar-refractivity contribution in [3.05, 3.63) is 35.4 Å². The van der Waals surface area contributed by atoms with E-state index in [0.717, 1.165) is 0 Å². The number of benzene rings is 1. The lowest BCUT2D eigenvalue weighted by atomic mass is 10.1. The molecule has 1 aliphatic heterocycles. The molecular weight excluding hydrogens is 242 g/mol.